The van der Waals surface area contributed by atoms with Crippen molar-refractivity contribution in [3.05, 3.63) is 36.5 Å². The minimum atomic E-state index is -0.662. The van der Waals surface area contributed by atoms with Crippen molar-refractivity contribution in [1.29, 1.82) is 0 Å². The third kappa shape index (κ3) is 59.2. The summed E-state index contributed by atoms with van der Waals surface area (Å²) in [6.45, 7) is 4.92. The molecular weight excluding hydrogens is 899 g/mol. The second-order valence-electron chi connectivity index (χ2n) is 22.4. The average Bonchev–Trinajstić information content (AvgIpc) is 3.39. The van der Waals surface area contributed by atoms with Crippen LogP contribution in [0.4, 0.5) is 0 Å². The summed E-state index contributed by atoms with van der Waals surface area (Å²) >= 11 is 0. The van der Waals surface area contributed by atoms with Gasteiger partial charge in [-0.05, 0) is 83.5 Å². The number of nitrogens with one attached hydrogen (secondary N) is 1. The molecular formula is C67H127NO5. The molecule has 0 heterocycles. The number of carbonyl (C=O) groups excluding carboxylic acids is 2. The molecule has 0 rings (SSSR count). The van der Waals surface area contributed by atoms with E-state index in [4.69, 9.17) is 4.74 Å². The van der Waals surface area contributed by atoms with Crippen LogP contribution < -0.4 is 5.32 Å². The van der Waals surface area contributed by atoms with Gasteiger partial charge >= 0.3 is 5.97 Å². The zero-order valence-electron chi connectivity index (χ0n) is 49.1. The third-order valence-corrected chi connectivity index (χ3v) is 15.2. The molecule has 6 nitrogen and oxygen atoms in total. The SMILES string of the molecule is CCCCC/C=C\C/C=C\CCCCCCCCCCCC(=O)OCCCCCCCCCCCCCC/C=C\CCCCCCCCCCCCCCC(=O)NC(CO)C(O)CCCCCCCCCCC. The largest absolute Gasteiger partial charge is 0.466 e. The lowest BCUT2D eigenvalue weighted by Crippen LogP contribution is -2.45. The van der Waals surface area contributed by atoms with Crippen molar-refractivity contribution in [2.75, 3.05) is 13.2 Å². The predicted molar refractivity (Wildman–Crippen MR) is 319 cm³/mol. The lowest BCUT2D eigenvalue weighted by atomic mass is 10.0. The Morgan fingerprint density at radius 2 is 0.685 bits per heavy atom. The van der Waals surface area contributed by atoms with Crippen LogP contribution in [0.5, 0.6) is 0 Å². The van der Waals surface area contributed by atoms with Gasteiger partial charge < -0.3 is 20.3 Å². The van der Waals surface area contributed by atoms with Gasteiger partial charge in [0.25, 0.3) is 0 Å². The van der Waals surface area contributed by atoms with Crippen LogP contribution in [0, 0.1) is 0 Å². The van der Waals surface area contributed by atoms with Gasteiger partial charge in [-0.2, -0.15) is 0 Å². The molecule has 3 N–H and O–H groups in total. The van der Waals surface area contributed by atoms with Gasteiger partial charge in [0.1, 0.15) is 0 Å². The Kier molecular flexibility index (Phi) is 61.0. The zero-order valence-corrected chi connectivity index (χ0v) is 49.1. The number of rotatable bonds is 61. The number of esters is 1. The Hall–Kier alpha value is -1.92. The molecule has 0 aromatic carbocycles. The first-order chi connectivity index (χ1) is 36.0. The molecule has 0 saturated carbocycles. The quantitative estimate of drug-likeness (QED) is 0.0320. The van der Waals surface area contributed by atoms with Crippen molar-refractivity contribution < 1.29 is 24.5 Å². The normalized spacial score (nSPS) is 12.8. The van der Waals surface area contributed by atoms with Gasteiger partial charge in [0.05, 0.1) is 25.4 Å². The van der Waals surface area contributed by atoms with E-state index in [1.54, 1.807) is 0 Å². The summed E-state index contributed by atoms with van der Waals surface area (Å²) in [6, 6.07) is -0.539. The maximum absolute atomic E-state index is 12.4. The van der Waals surface area contributed by atoms with Gasteiger partial charge in [-0.3, -0.25) is 9.59 Å². The molecule has 0 radical (unpaired) electrons. The molecule has 1 amide bonds. The third-order valence-electron chi connectivity index (χ3n) is 15.2. The molecule has 6 heteroatoms. The molecule has 430 valence electrons. The minimum absolute atomic E-state index is 0.0121. The van der Waals surface area contributed by atoms with Crippen LogP contribution in [0.1, 0.15) is 354 Å². The van der Waals surface area contributed by atoms with Crippen molar-refractivity contribution in [2.24, 2.45) is 0 Å². The molecule has 0 spiro atoms. The summed E-state index contributed by atoms with van der Waals surface area (Å²) in [7, 11) is 0. The highest BCUT2D eigenvalue weighted by molar-refractivity contribution is 5.76. The Bertz CT molecular complexity index is 1180. The number of aliphatic hydroxyl groups excluding tert-OH is 2. The maximum Gasteiger partial charge on any atom is 0.305 e. The molecule has 0 aliphatic rings. The van der Waals surface area contributed by atoms with E-state index in [9.17, 15) is 19.8 Å². The van der Waals surface area contributed by atoms with E-state index in [0.717, 1.165) is 51.4 Å². The molecule has 2 unspecified atom stereocenters. The summed E-state index contributed by atoms with van der Waals surface area (Å²) in [4.78, 5) is 24.5. The fourth-order valence-corrected chi connectivity index (χ4v) is 10.1. The van der Waals surface area contributed by atoms with Crippen LogP contribution in [-0.4, -0.2) is 47.4 Å². The van der Waals surface area contributed by atoms with Crippen molar-refractivity contribution in [3.63, 3.8) is 0 Å². The molecule has 0 aliphatic heterocycles. The summed E-state index contributed by atoms with van der Waals surface area (Å²) in [5.74, 6) is -0.0244. The summed E-state index contributed by atoms with van der Waals surface area (Å²) in [5.41, 5.74) is 0. The first-order valence-corrected chi connectivity index (χ1v) is 32.7. The maximum atomic E-state index is 12.4. The molecule has 0 aromatic heterocycles. The van der Waals surface area contributed by atoms with Crippen molar-refractivity contribution >= 4 is 11.9 Å². The number of hydrogen-bond donors (Lipinski definition) is 3. The van der Waals surface area contributed by atoms with Crippen molar-refractivity contribution in [1.82, 2.24) is 5.32 Å². The summed E-state index contributed by atoms with van der Waals surface area (Å²) in [5, 5.41) is 23.1. The molecule has 0 bridgehead atoms. The van der Waals surface area contributed by atoms with Gasteiger partial charge in [0.2, 0.25) is 5.91 Å². The first-order valence-electron chi connectivity index (χ1n) is 32.7. The monoisotopic (exact) mass is 1030 g/mol. The summed E-state index contributed by atoms with van der Waals surface area (Å²) in [6.07, 6.45) is 79.0. The van der Waals surface area contributed by atoms with Gasteiger partial charge in [0, 0.05) is 12.8 Å². The molecule has 0 saturated heterocycles. The fraction of sp³-hybridized carbons (Fsp3) is 0.881. The number of ether oxygens (including phenoxy) is 1. The van der Waals surface area contributed by atoms with Crippen LogP contribution in [-0.2, 0) is 14.3 Å². The minimum Gasteiger partial charge on any atom is -0.466 e. The van der Waals surface area contributed by atoms with E-state index in [1.165, 1.54) is 270 Å². The average molecular weight is 1030 g/mol. The zero-order chi connectivity index (χ0) is 52.9. The van der Waals surface area contributed by atoms with Gasteiger partial charge in [0.15, 0.2) is 0 Å². The summed E-state index contributed by atoms with van der Waals surface area (Å²) < 4.78 is 5.50. The molecule has 2 atom stereocenters. The van der Waals surface area contributed by atoms with Crippen LogP contribution >= 0.6 is 0 Å². The Labute approximate surface area is 455 Å². The van der Waals surface area contributed by atoms with Crippen LogP contribution in [0.25, 0.3) is 0 Å². The molecule has 73 heavy (non-hydrogen) atoms. The van der Waals surface area contributed by atoms with E-state index in [-0.39, 0.29) is 18.5 Å². The van der Waals surface area contributed by atoms with Crippen molar-refractivity contribution in [3.8, 4) is 0 Å². The molecule has 0 aromatic rings. The highest BCUT2D eigenvalue weighted by Gasteiger charge is 2.20. The second-order valence-corrected chi connectivity index (χ2v) is 22.4. The highest BCUT2D eigenvalue weighted by atomic mass is 16.5. The van der Waals surface area contributed by atoms with E-state index in [0.29, 0.717) is 25.9 Å². The number of unbranched alkanes of at least 4 members (excludes halogenated alkanes) is 44. The highest BCUT2D eigenvalue weighted by Crippen LogP contribution is 2.18. The van der Waals surface area contributed by atoms with Crippen molar-refractivity contribution in [2.45, 2.75) is 366 Å². The Morgan fingerprint density at radius 1 is 0.384 bits per heavy atom. The Balaban J connectivity index is 3.34. The lowest BCUT2D eigenvalue weighted by Gasteiger charge is -2.22. The number of hydrogen-bond acceptors (Lipinski definition) is 5. The van der Waals surface area contributed by atoms with Gasteiger partial charge in [-0.1, -0.05) is 294 Å². The number of amides is 1. The lowest BCUT2D eigenvalue weighted by molar-refractivity contribution is -0.143. The predicted octanol–water partition coefficient (Wildman–Crippen LogP) is 20.8. The topological polar surface area (TPSA) is 95.9 Å². The van der Waals surface area contributed by atoms with E-state index in [1.807, 2.05) is 0 Å². The number of allylic oxidation sites excluding steroid dienone is 6. The number of aliphatic hydroxyl groups is 2. The standard InChI is InChI=1S/C67H127NO5/c1-3-5-7-9-11-13-14-15-16-17-28-32-35-38-41-45-49-53-57-61-67(72)73-62-58-54-50-46-42-39-36-33-30-27-25-23-21-19-18-20-22-24-26-29-31-34-37-40-44-48-52-56-60-66(71)68-64(63-69)65(70)59-55-51-47-43-12-10-8-6-4-2/h11,13,15-16,18-19,64-65,69-70H,3-10,12,14,17,20-63H2,1-2H3,(H,68,71)/b13-11-,16-15-,19-18-. The number of carbonyl (C=O) groups is 2. The smallest absolute Gasteiger partial charge is 0.305 e. The molecule has 0 aliphatic carbocycles. The second kappa shape index (κ2) is 62.6. The van der Waals surface area contributed by atoms with Crippen LogP contribution in [0.3, 0.4) is 0 Å². The fourth-order valence-electron chi connectivity index (χ4n) is 10.1. The van der Waals surface area contributed by atoms with Crippen LogP contribution in [0.2, 0.25) is 0 Å². The van der Waals surface area contributed by atoms with E-state index >= 15 is 0 Å². The molecule has 0 fully saturated rings. The van der Waals surface area contributed by atoms with Gasteiger partial charge in [-0.25, -0.2) is 0 Å². The van der Waals surface area contributed by atoms with E-state index in [2.05, 4.69) is 55.6 Å². The van der Waals surface area contributed by atoms with Crippen LogP contribution in [0.15, 0.2) is 36.5 Å². The van der Waals surface area contributed by atoms with E-state index < -0.39 is 12.1 Å². The van der Waals surface area contributed by atoms with Gasteiger partial charge in [-0.15, -0.1) is 0 Å². The Morgan fingerprint density at radius 3 is 1.08 bits per heavy atom. The first kappa shape index (κ1) is 71.1.